The zero-order valence-corrected chi connectivity index (χ0v) is 18.0. The van der Waals surface area contributed by atoms with Crippen molar-refractivity contribution in [2.75, 3.05) is 13.2 Å². The van der Waals surface area contributed by atoms with E-state index in [2.05, 4.69) is 50.2 Å². The van der Waals surface area contributed by atoms with Crippen LogP contribution in [0.4, 0.5) is 0 Å². The standard InChI is InChI=1S/C26H38O2/c1-3-4-5-6-7-8-15-24-23(18-17-22-13-9-10-16-25(22)24)14-11-12-19-26(2)27-20-21-28-26/h9-10,13,16-18H,3-8,11-12,14-15,19-21H2,1-2H3. The van der Waals surface area contributed by atoms with Crippen molar-refractivity contribution in [2.45, 2.75) is 90.3 Å². The Hall–Kier alpha value is -1.38. The lowest BCUT2D eigenvalue weighted by molar-refractivity contribution is -0.147. The molecule has 28 heavy (non-hydrogen) atoms. The second-order valence-corrected chi connectivity index (χ2v) is 8.48. The zero-order chi connectivity index (χ0) is 19.7. The number of rotatable bonds is 12. The summed E-state index contributed by atoms with van der Waals surface area (Å²) in [6.45, 7) is 5.85. The first-order chi connectivity index (χ1) is 13.7. The van der Waals surface area contributed by atoms with Gasteiger partial charge in [-0.25, -0.2) is 0 Å². The molecule has 3 rings (SSSR count). The fourth-order valence-electron chi connectivity index (χ4n) is 4.46. The summed E-state index contributed by atoms with van der Waals surface area (Å²) in [5, 5.41) is 2.84. The van der Waals surface area contributed by atoms with Gasteiger partial charge in [0.2, 0.25) is 0 Å². The molecule has 0 unspecified atom stereocenters. The molecule has 1 heterocycles. The molecule has 0 N–H and O–H groups in total. The molecule has 154 valence electrons. The molecule has 1 fully saturated rings. The van der Waals surface area contributed by atoms with Crippen molar-refractivity contribution in [3.05, 3.63) is 47.5 Å². The van der Waals surface area contributed by atoms with Crippen molar-refractivity contribution in [1.29, 1.82) is 0 Å². The van der Waals surface area contributed by atoms with Crippen molar-refractivity contribution < 1.29 is 9.47 Å². The van der Waals surface area contributed by atoms with Gasteiger partial charge in [0.05, 0.1) is 13.2 Å². The molecule has 0 bridgehead atoms. The number of aryl methyl sites for hydroxylation is 2. The topological polar surface area (TPSA) is 18.5 Å². The normalized spacial score (nSPS) is 16.1. The average molecular weight is 383 g/mol. The maximum atomic E-state index is 5.75. The van der Waals surface area contributed by atoms with Crippen LogP contribution in [-0.4, -0.2) is 19.0 Å². The molecular formula is C26H38O2. The van der Waals surface area contributed by atoms with Crippen molar-refractivity contribution in [3.63, 3.8) is 0 Å². The SMILES string of the molecule is CCCCCCCCc1c(CCCCC2(C)OCCO2)ccc2ccccc12. The van der Waals surface area contributed by atoms with Crippen molar-refractivity contribution in [3.8, 4) is 0 Å². The number of fused-ring (bicyclic) bond motifs is 1. The molecule has 0 spiro atoms. The summed E-state index contributed by atoms with van der Waals surface area (Å²) in [6, 6.07) is 13.6. The Balaban J connectivity index is 1.58. The largest absolute Gasteiger partial charge is 0.348 e. The summed E-state index contributed by atoms with van der Waals surface area (Å²) in [5.41, 5.74) is 3.14. The summed E-state index contributed by atoms with van der Waals surface area (Å²) >= 11 is 0. The van der Waals surface area contributed by atoms with Crippen LogP contribution in [-0.2, 0) is 22.3 Å². The summed E-state index contributed by atoms with van der Waals surface area (Å²) in [7, 11) is 0. The summed E-state index contributed by atoms with van der Waals surface area (Å²) in [4.78, 5) is 0. The minimum Gasteiger partial charge on any atom is -0.348 e. The van der Waals surface area contributed by atoms with Crippen molar-refractivity contribution in [2.24, 2.45) is 0 Å². The summed E-state index contributed by atoms with van der Waals surface area (Å²) < 4.78 is 11.5. The van der Waals surface area contributed by atoms with Crippen LogP contribution in [0.2, 0.25) is 0 Å². The molecule has 1 saturated heterocycles. The highest BCUT2D eigenvalue weighted by Crippen LogP contribution is 2.28. The van der Waals surface area contributed by atoms with E-state index in [4.69, 9.17) is 9.47 Å². The van der Waals surface area contributed by atoms with Crippen LogP contribution >= 0.6 is 0 Å². The van der Waals surface area contributed by atoms with E-state index in [-0.39, 0.29) is 5.79 Å². The van der Waals surface area contributed by atoms with Gasteiger partial charge in [-0.3, -0.25) is 0 Å². The Morgan fingerprint density at radius 1 is 0.786 bits per heavy atom. The highest BCUT2D eigenvalue weighted by Gasteiger charge is 2.29. The molecule has 0 radical (unpaired) electrons. The van der Waals surface area contributed by atoms with Gasteiger partial charge in [0.1, 0.15) is 0 Å². The minimum atomic E-state index is -0.343. The molecule has 0 aliphatic carbocycles. The second kappa shape index (κ2) is 11.0. The fraction of sp³-hybridized carbons (Fsp3) is 0.615. The number of ether oxygens (including phenoxy) is 2. The van der Waals surface area contributed by atoms with Crippen LogP contribution in [0.1, 0.15) is 82.8 Å². The fourth-order valence-corrected chi connectivity index (χ4v) is 4.46. The molecule has 2 nitrogen and oxygen atoms in total. The molecule has 2 heteroatoms. The summed E-state index contributed by atoms with van der Waals surface area (Å²) in [5.74, 6) is -0.343. The first kappa shape index (κ1) is 21.3. The Bertz CT molecular complexity index is 715. The molecule has 1 aliphatic rings. The average Bonchev–Trinajstić information content (AvgIpc) is 3.15. The quantitative estimate of drug-likeness (QED) is 0.361. The lowest BCUT2D eigenvalue weighted by Crippen LogP contribution is -2.25. The smallest absolute Gasteiger partial charge is 0.165 e. The van der Waals surface area contributed by atoms with Gasteiger partial charge in [0, 0.05) is 6.42 Å². The van der Waals surface area contributed by atoms with Gasteiger partial charge in [0.15, 0.2) is 5.79 Å². The van der Waals surface area contributed by atoms with Crippen LogP contribution in [0.25, 0.3) is 10.8 Å². The van der Waals surface area contributed by atoms with Crippen LogP contribution in [0.3, 0.4) is 0 Å². The number of benzene rings is 2. The van der Waals surface area contributed by atoms with Crippen molar-refractivity contribution >= 4 is 10.8 Å². The predicted octanol–water partition coefficient (Wildman–Crippen LogP) is 7.22. The van der Waals surface area contributed by atoms with E-state index in [0.717, 1.165) is 32.5 Å². The molecule has 1 aliphatic heterocycles. The maximum absolute atomic E-state index is 5.75. The van der Waals surface area contributed by atoms with Crippen LogP contribution in [0.15, 0.2) is 36.4 Å². The highest BCUT2D eigenvalue weighted by molar-refractivity contribution is 5.86. The maximum Gasteiger partial charge on any atom is 0.165 e. The minimum absolute atomic E-state index is 0.343. The second-order valence-electron chi connectivity index (χ2n) is 8.48. The van der Waals surface area contributed by atoms with Crippen LogP contribution < -0.4 is 0 Å². The van der Waals surface area contributed by atoms with E-state index in [1.165, 1.54) is 62.1 Å². The number of unbranched alkanes of at least 4 members (excludes halogenated alkanes) is 6. The monoisotopic (exact) mass is 382 g/mol. The van der Waals surface area contributed by atoms with Crippen molar-refractivity contribution in [1.82, 2.24) is 0 Å². The van der Waals surface area contributed by atoms with Gasteiger partial charge < -0.3 is 9.47 Å². The Labute approximate surface area is 171 Å². The van der Waals surface area contributed by atoms with Crippen LogP contribution in [0.5, 0.6) is 0 Å². The predicted molar refractivity (Wildman–Crippen MR) is 119 cm³/mol. The van der Waals surface area contributed by atoms with E-state index in [9.17, 15) is 0 Å². The highest BCUT2D eigenvalue weighted by atomic mass is 16.7. The molecule has 2 aromatic rings. The third-order valence-corrected chi connectivity index (χ3v) is 6.14. The van der Waals surface area contributed by atoms with E-state index >= 15 is 0 Å². The molecule has 0 atom stereocenters. The van der Waals surface area contributed by atoms with Gasteiger partial charge >= 0.3 is 0 Å². The number of hydrogen-bond acceptors (Lipinski definition) is 2. The molecular weight excluding hydrogens is 344 g/mol. The number of hydrogen-bond donors (Lipinski definition) is 0. The Kier molecular flexibility index (Phi) is 8.36. The Morgan fingerprint density at radius 2 is 1.50 bits per heavy atom. The first-order valence-corrected chi connectivity index (χ1v) is 11.5. The lowest BCUT2D eigenvalue weighted by Gasteiger charge is -2.22. The zero-order valence-electron chi connectivity index (χ0n) is 18.0. The molecule has 2 aromatic carbocycles. The van der Waals surface area contributed by atoms with Gasteiger partial charge in [-0.1, -0.05) is 75.4 Å². The van der Waals surface area contributed by atoms with Crippen LogP contribution in [0, 0.1) is 0 Å². The van der Waals surface area contributed by atoms with Gasteiger partial charge in [-0.2, -0.15) is 0 Å². The van der Waals surface area contributed by atoms with E-state index in [1.807, 2.05) is 0 Å². The van der Waals surface area contributed by atoms with E-state index < -0.39 is 0 Å². The first-order valence-electron chi connectivity index (χ1n) is 11.5. The summed E-state index contributed by atoms with van der Waals surface area (Å²) in [6.07, 6.45) is 13.9. The molecule has 0 aromatic heterocycles. The van der Waals surface area contributed by atoms with Gasteiger partial charge in [0.25, 0.3) is 0 Å². The van der Waals surface area contributed by atoms with E-state index in [0.29, 0.717) is 0 Å². The third-order valence-electron chi connectivity index (χ3n) is 6.14. The van der Waals surface area contributed by atoms with Gasteiger partial charge in [-0.05, 0) is 60.9 Å². The van der Waals surface area contributed by atoms with E-state index in [1.54, 1.807) is 11.1 Å². The third kappa shape index (κ3) is 6.06. The molecule has 0 saturated carbocycles. The molecule has 0 amide bonds. The Morgan fingerprint density at radius 3 is 2.32 bits per heavy atom. The lowest BCUT2D eigenvalue weighted by atomic mass is 9.91. The van der Waals surface area contributed by atoms with Gasteiger partial charge in [-0.15, -0.1) is 0 Å².